The molecular formula is C14H20FNO. The van der Waals surface area contributed by atoms with Gasteiger partial charge in [-0.2, -0.15) is 0 Å². The molecule has 1 aliphatic rings. The Morgan fingerprint density at radius 2 is 2.00 bits per heavy atom. The molecule has 2 rings (SSSR count). The number of phenolic OH excluding ortho intramolecular Hbond substituents is 1. The number of halogens is 1. The van der Waals surface area contributed by atoms with E-state index in [0.717, 1.165) is 18.2 Å². The van der Waals surface area contributed by atoms with Crippen molar-refractivity contribution in [1.82, 2.24) is 5.32 Å². The van der Waals surface area contributed by atoms with E-state index in [1.165, 1.54) is 31.7 Å². The summed E-state index contributed by atoms with van der Waals surface area (Å²) >= 11 is 0. The lowest BCUT2D eigenvalue weighted by atomic mass is 9.89. The molecule has 0 heterocycles. The van der Waals surface area contributed by atoms with E-state index in [0.29, 0.717) is 12.0 Å². The zero-order valence-corrected chi connectivity index (χ0v) is 10.3. The van der Waals surface area contributed by atoms with E-state index in [1.54, 1.807) is 6.07 Å². The Kier molecular flexibility index (Phi) is 3.67. The summed E-state index contributed by atoms with van der Waals surface area (Å²) in [7, 11) is 0. The molecule has 2 N–H and O–H groups in total. The number of phenols is 1. The Morgan fingerprint density at radius 3 is 2.65 bits per heavy atom. The molecule has 1 aromatic carbocycles. The molecule has 0 bridgehead atoms. The molecule has 0 radical (unpaired) electrons. The van der Waals surface area contributed by atoms with Crippen LogP contribution < -0.4 is 5.32 Å². The summed E-state index contributed by atoms with van der Waals surface area (Å²) in [5.74, 6) is -0.386. The lowest BCUT2D eigenvalue weighted by Gasteiger charge is -2.23. The van der Waals surface area contributed by atoms with Crippen LogP contribution in [0.5, 0.6) is 5.75 Å². The molecule has 94 valence electrons. The minimum Gasteiger partial charge on any atom is -0.508 e. The van der Waals surface area contributed by atoms with Crippen molar-refractivity contribution in [2.45, 2.75) is 39.2 Å². The van der Waals surface area contributed by atoms with Gasteiger partial charge in [-0.15, -0.1) is 0 Å². The first-order valence-corrected chi connectivity index (χ1v) is 6.27. The van der Waals surface area contributed by atoms with Crippen LogP contribution in [-0.4, -0.2) is 11.7 Å². The van der Waals surface area contributed by atoms with Crippen molar-refractivity contribution in [1.29, 1.82) is 0 Å². The van der Waals surface area contributed by atoms with Crippen LogP contribution in [0.15, 0.2) is 18.2 Å². The SMILES string of the molecule is CC1(CNCc2cc(O)cc(F)c2)CCCC1. The van der Waals surface area contributed by atoms with Gasteiger partial charge in [-0.3, -0.25) is 0 Å². The second-order valence-electron chi connectivity index (χ2n) is 5.44. The van der Waals surface area contributed by atoms with Crippen LogP contribution in [0.4, 0.5) is 4.39 Å². The molecule has 2 nitrogen and oxygen atoms in total. The molecule has 0 spiro atoms. The van der Waals surface area contributed by atoms with E-state index in [4.69, 9.17) is 0 Å². The third-order valence-corrected chi connectivity index (χ3v) is 3.63. The van der Waals surface area contributed by atoms with E-state index in [-0.39, 0.29) is 11.6 Å². The third kappa shape index (κ3) is 3.43. The maximum absolute atomic E-state index is 13.0. The lowest BCUT2D eigenvalue weighted by Crippen LogP contribution is -2.29. The van der Waals surface area contributed by atoms with Gasteiger partial charge in [-0.25, -0.2) is 4.39 Å². The summed E-state index contributed by atoms with van der Waals surface area (Å²) in [5.41, 5.74) is 1.19. The van der Waals surface area contributed by atoms with Gasteiger partial charge in [-0.1, -0.05) is 19.8 Å². The van der Waals surface area contributed by atoms with E-state index in [9.17, 15) is 9.50 Å². The summed E-state index contributed by atoms with van der Waals surface area (Å²) in [4.78, 5) is 0. The number of rotatable bonds is 4. The number of benzene rings is 1. The minimum absolute atomic E-state index is 0.00567. The van der Waals surface area contributed by atoms with Crippen LogP contribution >= 0.6 is 0 Å². The average Bonchev–Trinajstić information content (AvgIpc) is 2.64. The number of nitrogens with one attached hydrogen (secondary N) is 1. The number of hydrogen-bond donors (Lipinski definition) is 2. The Hall–Kier alpha value is -1.09. The maximum atomic E-state index is 13.0. The molecule has 3 heteroatoms. The quantitative estimate of drug-likeness (QED) is 0.842. The molecule has 1 fully saturated rings. The first kappa shape index (κ1) is 12.4. The van der Waals surface area contributed by atoms with E-state index >= 15 is 0 Å². The average molecular weight is 237 g/mol. The van der Waals surface area contributed by atoms with Crippen molar-refractivity contribution in [2.75, 3.05) is 6.54 Å². The highest BCUT2D eigenvalue weighted by atomic mass is 19.1. The van der Waals surface area contributed by atoms with Crippen LogP contribution in [0, 0.1) is 11.2 Å². The molecule has 0 aromatic heterocycles. The van der Waals surface area contributed by atoms with Gasteiger partial charge in [0.2, 0.25) is 0 Å². The van der Waals surface area contributed by atoms with E-state index in [2.05, 4.69) is 12.2 Å². The van der Waals surface area contributed by atoms with Crippen LogP contribution in [0.2, 0.25) is 0 Å². The van der Waals surface area contributed by atoms with Gasteiger partial charge in [0.05, 0.1) is 0 Å². The summed E-state index contributed by atoms with van der Waals surface area (Å²) in [6.45, 7) is 3.88. The van der Waals surface area contributed by atoms with Crippen molar-refractivity contribution in [3.63, 3.8) is 0 Å². The Bertz CT molecular complexity index is 366. The van der Waals surface area contributed by atoms with Crippen LogP contribution in [-0.2, 0) is 6.54 Å². The predicted molar refractivity (Wildman–Crippen MR) is 66.3 cm³/mol. The Morgan fingerprint density at radius 1 is 1.29 bits per heavy atom. The molecular weight excluding hydrogens is 217 g/mol. The third-order valence-electron chi connectivity index (χ3n) is 3.63. The highest BCUT2D eigenvalue weighted by Gasteiger charge is 2.27. The van der Waals surface area contributed by atoms with Gasteiger partial charge >= 0.3 is 0 Å². The second-order valence-corrected chi connectivity index (χ2v) is 5.44. The van der Waals surface area contributed by atoms with E-state index < -0.39 is 0 Å². The molecule has 0 saturated heterocycles. The molecule has 0 atom stereocenters. The first-order valence-electron chi connectivity index (χ1n) is 6.27. The summed E-state index contributed by atoms with van der Waals surface area (Å²) in [5, 5.41) is 12.6. The zero-order chi connectivity index (χ0) is 12.3. The second kappa shape index (κ2) is 5.05. The fourth-order valence-electron chi connectivity index (χ4n) is 2.65. The largest absolute Gasteiger partial charge is 0.508 e. The minimum atomic E-state index is -0.381. The van der Waals surface area contributed by atoms with Crippen LogP contribution in [0.3, 0.4) is 0 Å². The summed E-state index contributed by atoms with van der Waals surface area (Å²) in [6.07, 6.45) is 5.18. The summed E-state index contributed by atoms with van der Waals surface area (Å²) in [6, 6.07) is 4.19. The smallest absolute Gasteiger partial charge is 0.127 e. The molecule has 0 aliphatic heterocycles. The predicted octanol–water partition coefficient (Wildman–Crippen LogP) is 3.20. The normalized spacial score (nSPS) is 18.5. The van der Waals surface area contributed by atoms with Gasteiger partial charge in [0.1, 0.15) is 11.6 Å². The molecule has 1 saturated carbocycles. The molecule has 1 aliphatic carbocycles. The highest BCUT2D eigenvalue weighted by molar-refractivity contribution is 5.28. The van der Waals surface area contributed by atoms with Crippen LogP contribution in [0.1, 0.15) is 38.2 Å². The van der Waals surface area contributed by atoms with Gasteiger partial charge in [-0.05, 0) is 36.0 Å². The molecule has 0 unspecified atom stereocenters. The van der Waals surface area contributed by atoms with Gasteiger partial charge in [0, 0.05) is 19.2 Å². The Balaban J connectivity index is 1.85. The monoisotopic (exact) mass is 237 g/mol. The summed E-state index contributed by atoms with van der Waals surface area (Å²) < 4.78 is 13.0. The van der Waals surface area contributed by atoms with Crippen molar-refractivity contribution < 1.29 is 9.50 Å². The lowest BCUT2D eigenvalue weighted by molar-refractivity contribution is 0.314. The molecule has 17 heavy (non-hydrogen) atoms. The van der Waals surface area contributed by atoms with Crippen molar-refractivity contribution in [3.8, 4) is 5.75 Å². The van der Waals surface area contributed by atoms with Gasteiger partial charge in [0.25, 0.3) is 0 Å². The van der Waals surface area contributed by atoms with Crippen molar-refractivity contribution >= 4 is 0 Å². The van der Waals surface area contributed by atoms with Gasteiger partial charge < -0.3 is 10.4 Å². The Labute approximate surface area is 102 Å². The fraction of sp³-hybridized carbons (Fsp3) is 0.571. The van der Waals surface area contributed by atoms with E-state index in [1.807, 2.05) is 0 Å². The van der Waals surface area contributed by atoms with Gasteiger partial charge in [0.15, 0.2) is 0 Å². The molecule has 1 aromatic rings. The zero-order valence-electron chi connectivity index (χ0n) is 10.3. The number of aromatic hydroxyl groups is 1. The first-order chi connectivity index (χ1) is 8.07. The molecule has 0 amide bonds. The van der Waals surface area contributed by atoms with Crippen molar-refractivity contribution in [3.05, 3.63) is 29.6 Å². The van der Waals surface area contributed by atoms with Crippen molar-refractivity contribution in [2.24, 2.45) is 5.41 Å². The fourth-order valence-corrected chi connectivity index (χ4v) is 2.65. The number of hydrogen-bond acceptors (Lipinski definition) is 2. The topological polar surface area (TPSA) is 32.3 Å². The van der Waals surface area contributed by atoms with Crippen LogP contribution in [0.25, 0.3) is 0 Å². The standard InChI is InChI=1S/C14H20FNO/c1-14(4-2-3-5-14)10-16-9-11-6-12(15)8-13(17)7-11/h6-8,16-17H,2-5,9-10H2,1H3. The maximum Gasteiger partial charge on any atom is 0.127 e. The highest BCUT2D eigenvalue weighted by Crippen LogP contribution is 2.36.